The summed E-state index contributed by atoms with van der Waals surface area (Å²) < 4.78 is 6.79. The first kappa shape index (κ1) is 15.8. The number of benzene rings is 1. The van der Waals surface area contributed by atoms with Gasteiger partial charge in [0.2, 0.25) is 0 Å². The number of quaternary nitrogens is 1. The lowest BCUT2D eigenvalue weighted by atomic mass is 9.82. The predicted octanol–water partition coefficient (Wildman–Crippen LogP) is 3.91. The molecule has 1 aromatic carbocycles. The van der Waals surface area contributed by atoms with Gasteiger partial charge in [0.25, 0.3) is 0 Å². The standard InChI is InChI=1S/C18H25ClNO2/c1-20-11-3-2-6-17(20)15(5-4-12-20)13-22-18(21)14-7-9-16(19)10-8-14/h7-10,15,17H,2-6,11-13H2,1H3/q+1/t15-,17+,20-/m0/s1. The summed E-state index contributed by atoms with van der Waals surface area (Å²) in [7, 11) is 2.39. The van der Waals surface area contributed by atoms with E-state index in [9.17, 15) is 4.79 Å². The molecule has 0 bridgehead atoms. The number of carbonyl (C=O) groups excluding carboxylic acids is 1. The van der Waals surface area contributed by atoms with E-state index in [1.807, 2.05) is 0 Å². The maximum atomic E-state index is 12.2. The number of rotatable bonds is 3. The Bertz CT molecular complexity index is 526. The zero-order valence-electron chi connectivity index (χ0n) is 13.3. The fourth-order valence-corrected chi connectivity index (χ4v) is 4.41. The molecule has 0 amide bonds. The monoisotopic (exact) mass is 322 g/mol. The van der Waals surface area contributed by atoms with Gasteiger partial charge in [0.15, 0.2) is 0 Å². The zero-order chi connectivity index (χ0) is 15.6. The van der Waals surface area contributed by atoms with Crippen molar-refractivity contribution in [2.24, 2.45) is 5.92 Å². The summed E-state index contributed by atoms with van der Waals surface area (Å²) in [5.41, 5.74) is 0.584. The second-order valence-corrected chi connectivity index (χ2v) is 7.43. The Balaban J connectivity index is 1.60. The van der Waals surface area contributed by atoms with Gasteiger partial charge in [-0.05, 0) is 49.9 Å². The van der Waals surface area contributed by atoms with Crippen molar-refractivity contribution in [3.63, 3.8) is 0 Å². The number of hydrogen-bond donors (Lipinski definition) is 0. The van der Waals surface area contributed by atoms with Crippen LogP contribution in [0.2, 0.25) is 5.02 Å². The molecule has 2 fully saturated rings. The average molecular weight is 323 g/mol. The third-order valence-electron chi connectivity index (χ3n) is 5.52. The van der Waals surface area contributed by atoms with Crippen LogP contribution in [-0.4, -0.2) is 43.2 Å². The summed E-state index contributed by atoms with van der Waals surface area (Å²) in [6.45, 7) is 3.12. The van der Waals surface area contributed by atoms with Gasteiger partial charge in [-0.25, -0.2) is 4.79 Å². The van der Waals surface area contributed by atoms with Gasteiger partial charge in [-0.1, -0.05) is 11.6 Å². The van der Waals surface area contributed by atoms with Crippen LogP contribution in [0.5, 0.6) is 0 Å². The van der Waals surface area contributed by atoms with Crippen LogP contribution in [0.25, 0.3) is 0 Å². The van der Waals surface area contributed by atoms with E-state index in [0.29, 0.717) is 29.2 Å². The zero-order valence-corrected chi connectivity index (χ0v) is 14.0. The van der Waals surface area contributed by atoms with Crippen LogP contribution < -0.4 is 0 Å². The van der Waals surface area contributed by atoms with Crippen LogP contribution in [0.15, 0.2) is 24.3 Å². The molecule has 2 aliphatic heterocycles. The Hall–Kier alpha value is -1.06. The largest absolute Gasteiger partial charge is 0.462 e. The smallest absolute Gasteiger partial charge is 0.338 e. The van der Waals surface area contributed by atoms with Crippen LogP contribution in [0.1, 0.15) is 42.5 Å². The molecule has 0 spiro atoms. The van der Waals surface area contributed by atoms with Crippen molar-refractivity contribution in [2.75, 3.05) is 26.7 Å². The van der Waals surface area contributed by atoms with Crippen LogP contribution in [0, 0.1) is 5.92 Å². The minimum Gasteiger partial charge on any atom is -0.462 e. The molecule has 2 saturated heterocycles. The van der Waals surface area contributed by atoms with E-state index in [0.717, 1.165) is 0 Å². The lowest BCUT2D eigenvalue weighted by Gasteiger charge is -2.51. The first-order chi connectivity index (χ1) is 10.6. The number of hydrogen-bond acceptors (Lipinski definition) is 2. The summed E-state index contributed by atoms with van der Waals surface area (Å²) >= 11 is 5.85. The minimum absolute atomic E-state index is 0.229. The number of halogens is 1. The van der Waals surface area contributed by atoms with E-state index >= 15 is 0 Å². The maximum absolute atomic E-state index is 12.2. The number of ether oxygens (including phenoxy) is 1. The normalized spacial score (nSPS) is 31.4. The van der Waals surface area contributed by atoms with Gasteiger partial charge in [0.1, 0.15) is 6.61 Å². The molecule has 0 radical (unpaired) electrons. The summed E-state index contributed by atoms with van der Waals surface area (Å²) in [6.07, 6.45) is 6.37. The number of esters is 1. The van der Waals surface area contributed by atoms with E-state index in [1.54, 1.807) is 24.3 Å². The van der Waals surface area contributed by atoms with Gasteiger partial charge < -0.3 is 9.22 Å². The Kier molecular flexibility index (Phi) is 4.74. The first-order valence-electron chi connectivity index (χ1n) is 8.35. The highest BCUT2D eigenvalue weighted by Crippen LogP contribution is 2.36. The molecule has 120 valence electrons. The quantitative estimate of drug-likeness (QED) is 0.623. The molecule has 3 rings (SSSR count). The van der Waals surface area contributed by atoms with Crippen molar-refractivity contribution >= 4 is 17.6 Å². The number of fused-ring (bicyclic) bond motifs is 1. The topological polar surface area (TPSA) is 26.3 Å². The van der Waals surface area contributed by atoms with Crippen molar-refractivity contribution in [3.8, 4) is 0 Å². The van der Waals surface area contributed by atoms with Gasteiger partial charge >= 0.3 is 5.97 Å². The molecule has 0 N–H and O–H groups in total. The maximum Gasteiger partial charge on any atom is 0.338 e. The van der Waals surface area contributed by atoms with Crippen LogP contribution in [0.3, 0.4) is 0 Å². The molecule has 0 aliphatic carbocycles. The molecule has 3 atom stereocenters. The Morgan fingerprint density at radius 2 is 1.91 bits per heavy atom. The highest BCUT2D eigenvalue weighted by Gasteiger charge is 2.43. The Morgan fingerprint density at radius 1 is 1.18 bits per heavy atom. The lowest BCUT2D eigenvalue weighted by molar-refractivity contribution is -0.947. The van der Waals surface area contributed by atoms with Gasteiger partial charge in [-0.2, -0.15) is 0 Å². The number of nitrogens with zero attached hydrogens (tertiary/aromatic N) is 1. The number of piperidine rings is 2. The Labute approximate surface area is 137 Å². The van der Waals surface area contributed by atoms with Crippen LogP contribution in [0.4, 0.5) is 0 Å². The van der Waals surface area contributed by atoms with Gasteiger partial charge in [-0.3, -0.25) is 0 Å². The average Bonchev–Trinajstić information content (AvgIpc) is 2.52. The Morgan fingerprint density at radius 3 is 2.68 bits per heavy atom. The lowest BCUT2D eigenvalue weighted by Crippen LogP contribution is -2.61. The van der Waals surface area contributed by atoms with Crippen molar-refractivity contribution in [1.82, 2.24) is 0 Å². The predicted molar refractivity (Wildman–Crippen MR) is 88.0 cm³/mol. The van der Waals surface area contributed by atoms with Crippen LogP contribution in [-0.2, 0) is 4.74 Å². The van der Waals surface area contributed by atoms with Crippen molar-refractivity contribution in [2.45, 2.75) is 38.1 Å². The number of carbonyl (C=O) groups is 1. The fraction of sp³-hybridized carbons (Fsp3) is 0.611. The molecule has 0 saturated carbocycles. The van der Waals surface area contributed by atoms with E-state index in [-0.39, 0.29) is 5.97 Å². The van der Waals surface area contributed by atoms with Crippen LogP contribution >= 0.6 is 11.6 Å². The van der Waals surface area contributed by atoms with Crippen molar-refractivity contribution in [1.29, 1.82) is 0 Å². The van der Waals surface area contributed by atoms with Crippen molar-refractivity contribution in [3.05, 3.63) is 34.9 Å². The first-order valence-corrected chi connectivity index (χ1v) is 8.73. The molecule has 3 nitrogen and oxygen atoms in total. The second-order valence-electron chi connectivity index (χ2n) is 7.00. The van der Waals surface area contributed by atoms with E-state index in [4.69, 9.17) is 16.3 Å². The molecular weight excluding hydrogens is 298 g/mol. The van der Waals surface area contributed by atoms with Gasteiger partial charge in [-0.15, -0.1) is 0 Å². The summed E-state index contributed by atoms with van der Waals surface area (Å²) in [5.74, 6) is 0.280. The third kappa shape index (κ3) is 3.31. The third-order valence-corrected chi connectivity index (χ3v) is 5.77. The molecule has 4 heteroatoms. The van der Waals surface area contributed by atoms with E-state index in [1.165, 1.54) is 49.7 Å². The highest BCUT2D eigenvalue weighted by molar-refractivity contribution is 6.30. The summed E-state index contributed by atoms with van der Waals surface area (Å²) in [6, 6.07) is 7.58. The van der Waals surface area contributed by atoms with Gasteiger partial charge in [0, 0.05) is 17.4 Å². The summed E-state index contributed by atoms with van der Waals surface area (Å²) in [5, 5.41) is 0.638. The molecular formula is C18H25ClNO2+. The molecule has 2 aliphatic rings. The van der Waals surface area contributed by atoms with Crippen molar-refractivity contribution < 1.29 is 14.0 Å². The molecule has 22 heavy (non-hydrogen) atoms. The molecule has 2 heterocycles. The SMILES string of the molecule is C[N@@+]12CCCC[C@@H]1[C@H](COC(=O)c1ccc(Cl)cc1)CCC2. The minimum atomic E-state index is -0.229. The fourth-order valence-electron chi connectivity index (χ4n) is 4.28. The van der Waals surface area contributed by atoms with Gasteiger partial charge in [0.05, 0.1) is 31.7 Å². The molecule has 1 aromatic rings. The van der Waals surface area contributed by atoms with E-state index < -0.39 is 0 Å². The summed E-state index contributed by atoms with van der Waals surface area (Å²) in [4.78, 5) is 12.2. The molecule has 0 aromatic heterocycles. The molecule has 0 unspecified atom stereocenters. The van der Waals surface area contributed by atoms with E-state index in [2.05, 4.69) is 7.05 Å². The second kappa shape index (κ2) is 6.59. The highest BCUT2D eigenvalue weighted by atomic mass is 35.5.